The number of nitrogen functional groups attached to an aromatic ring is 1. The van der Waals surface area contributed by atoms with Crippen molar-refractivity contribution in [2.24, 2.45) is 5.92 Å². The number of hydrogen-bond acceptors (Lipinski definition) is 3. The standard InChI is InChI=1S/C16H26N2O2S/c1-4-13-7-9-14(10-8-13)18-21(19,20)16-12(3)6-5-11(2)15(16)17/h5-6,13-14,18H,4,7-10,17H2,1-3H3. The Morgan fingerprint density at radius 3 is 2.29 bits per heavy atom. The number of nitrogens with one attached hydrogen (secondary N) is 1. The lowest BCUT2D eigenvalue weighted by Crippen LogP contribution is -2.38. The molecule has 0 spiro atoms. The Kier molecular flexibility index (Phi) is 4.94. The highest BCUT2D eigenvalue weighted by atomic mass is 32.2. The van der Waals surface area contributed by atoms with E-state index < -0.39 is 10.0 Å². The zero-order valence-electron chi connectivity index (χ0n) is 13.1. The molecule has 1 saturated carbocycles. The smallest absolute Gasteiger partial charge is 0.243 e. The maximum Gasteiger partial charge on any atom is 0.243 e. The molecule has 1 aliphatic rings. The zero-order valence-corrected chi connectivity index (χ0v) is 14.0. The molecule has 0 saturated heterocycles. The second-order valence-corrected chi connectivity index (χ2v) is 7.84. The van der Waals surface area contributed by atoms with E-state index in [4.69, 9.17) is 5.73 Å². The third-order valence-electron chi connectivity index (χ3n) is 4.63. The Morgan fingerprint density at radius 1 is 1.14 bits per heavy atom. The lowest BCUT2D eigenvalue weighted by molar-refractivity contribution is 0.306. The summed E-state index contributed by atoms with van der Waals surface area (Å²) in [4.78, 5) is 0.250. The van der Waals surface area contributed by atoms with Crippen molar-refractivity contribution in [2.45, 2.75) is 63.8 Å². The molecule has 0 bridgehead atoms. The second-order valence-electron chi connectivity index (χ2n) is 6.19. The molecule has 1 aromatic rings. The number of nitrogens with two attached hydrogens (primary N) is 1. The van der Waals surface area contributed by atoms with Crippen LogP contribution in [0.5, 0.6) is 0 Å². The van der Waals surface area contributed by atoms with Gasteiger partial charge in [0, 0.05) is 6.04 Å². The fraction of sp³-hybridized carbons (Fsp3) is 0.625. The van der Waals surface area contributed by atoms with Crippen LogP contribution in [0.1, 0.15) is 50.2 Å². The van der Waals surface area contributed by atoms with Crippen molar-refractivity contribution in [3.63, 3.8) is 0 Å². The predicted octanol–water partition coefficient (Wildman–Crippen LogP) is 3.13. The zero-order chi connectivity index (χ0) is 15.6. The molecule has 2 rings (SSSR count). The van der Waals surface area contributed by atoms with Crippen LogP contribution in [0.4, 0.5) is 5.69 Å². The highest BCUT2D eigenvalue weighted by Gasteiger charge is 2.27. The lowest BCUT2D eigenvalue weighted by Gasteiger charge is -2.28. The van der Waals surface area contributed by atoms with Gasteiger partial charge in [-0.25, -0.2) is 13.1 Å². The molecule has 0 unspecified atom stereocenters. The van der Waals surface area contributed by atoms with Gasteiger partial charge in [0.25, 0.3) is 0 Å². The van der Waals surface area contributed by atoms with Gasteiger partial charge >= 0.3 is 0 Å². The summed E-state index contributed by atoms with van der Waals surface area (Å²) in [5.74, 6) is 0.747. The number of rotatable bonds is 4. The van der Waals surface area contributed by atoms with E-state index in [1.165, 1.54) is 6.42 Å². The lowest BCUT2D eigenvalue weighted by atomic mass is 9.85. The molecule has 0 atom stereocenters. The molecule has 5 heteroatoms. The summed E-state index contributed by atoms with van der Waals surface area (Å²) in [6, 6.07) is 3.71. The van der Waals surface area contributed by atoms with Crippen molar-refractivity contribution in [1.29, 1.82) is 0 Å². The summed E-state index contributed by atoms with van der Waals surface area (Å²) in [5.41, 5.74) is 7.87. The number of hydrogen-bond donors (Lipinski definition) is 2. The minimum atomic E-state index is -3.54. The fourth-order valence-corrected chi connectivity index (χ4v) is 4.87. The van der Waals surface area contributed by atoms with E-state index in [0.29, 0.717) is 11.3 Å². The van der Waals surface area contributed by atoms with Crippen LogP contribution in [0.25, 0.3) is 0 Å². The fourth-order valence-electron chi connectivity index (χ4n) is 3.13. The van der Waals surface area contributed by atoms with Crippen molar-refractivity contribution in [3.8, 4) is 0 Å². The molecule has 1 aliphatic carbocycles. The Morgan fingerprint density at radius 2 is 1.71 bits per heavy atom. The summed E-state index contributed by atoms with van der Waals surface area (Å²) in [6.45, 7) is 5.82. The molecular formula is C16H26N2O2S. The van der Waals surface area contributed by atoms with E-state index in [-0.39, 0.29) is 10.9 Å². The van der Waals surface area contributed by atoms with E-state index in [2.05, 4.69) is 11.6 Å². The van der Waals surface area contributed by atoms with Crippen LogP contribution < -0.4 is 10.5 Å². The minimum Gasteiger partial charge on any atom is -0.397 e. The van der Waals surface area contributed by atoms with Crippen LogP contribution in [0.2, 0.25) is 0 Å². The van der Waals surface area contributed by atoms with Crippen molar-refractivity contribution in [2.75, 3.05) is 5.73 Å². The number of benzene rings is 1. The van der Waals surface area contributed by atoms with Crippen molar-refractivity contribution in [3.05, 3.63) is 23.3 Å². The van der Waals surface area contributed by atoms with Gasteiger partial charge in [-0.2, -0.15) is 0 Å². The highest BCUT2D eigenvalue weighted by Crippen LogP contribution is 2.30. The third-order valence-corrected chi connectivity index (χ3v) is 6.35. The molecule has 21 heavy (non-hydrogen) atoms. The van der Waals surface area contributed by atoms with Gasteiger partial charge in [0.05, 0.1) is 5.69 Å². The Labute approximate surface area is 128 Å². The topological polar surface area (TPSA) is 72.2 Å². The summed E-state index contributed by atoms with van der Waals surface area (Å²) < 4.78 is 28.2. The first-order chi connectivity index (χ1) is 9.85. The van der Waals surface area contributed by atoms with E-state index in [0.717, 1.165) is 37.2 Å². The van der Waals surface area contributed by atoms with Crippen molar-refractivity contribution >= 4 is 15.7 Å². The number of sulfonamides is 1. The van der Waals surface area contributed by atoms with Gasteiger partial charge in [0.2, 0.25) is 10.0 Å². The van der Waals surface area contributed by atoms with Crippen molar-refractivity contribution in [1.82, 2.24) is 4.72 Å². The molecule has 0 heterocycles. The summed E-state index contributed by atoms with van der Waals surface area (Å²) in [5, 5.41) is 0. The van der Waals surface area contributed by atoms with Gasteiger partial charge in [-0.15, -0.1) is 0 Å². The van der Waals surface area contributed by atoms with Gasteiger partial charge in [-0.3, -0.25) is 0 Å². The monoisotopic (exact) mass is 310 g/mol. The van der Waals surface area contributed by atoms with Crippen LogP contribution in [0.3, 0.4) is 0 Å². The van der Waals surface area contributed by atoms with Crippen LogP contribution in [0.15, 0.2) is 17.0 Å². The van der Waals surface area contributed by atoms with Gasteiger partial charge in [0.15, 0.2) is 0 Å². The summed E-state index contributed by atoms with van der Waals surface area (Å²) in [7, 11) is -3.54. The molecule has 3 N–H and O–H groups in total. The molecule has 0 amide bonds. The maximum absolute atomic E-state index is 12.7. The highest BCUT2D eigenvalue weighted by molar-refractivity contribution is 7.89. The SMILES string of the molecule is CCC1CCC(NS(=O)(=O)c2c(C)ccc(C)c2N)CC1. The van der Waals surface area contributed by atoms with Crippen LogP contribution in [0, 0.1) is 19.8 Å². The molecule has 0 radical (unpaired) electrons. The van der Waals surface area contributed by atoms with Crippen molar-refractivity contribution < 1.29 is 8.42 Å². The van der Waals surface area contributed by atoms with Crippen LogP contribution in [-0.2, 0) is 10.0 Å². The first-order valence-corrected chi connectivity index (χ1v) is 9.21. The average Bonchev–Trinajstić information content (AvgIpc) is 2.43. The molecule has 1 fully saturated rings. The average molecular weight is 310 g/mol. The minimum absolute atomic E-state index is 0.0390. The molecule has 0 aliphatic heterocycles. The first-order valence-electron chi connectivity index (χ1n) is 7.73. The summed E-state index contributed by atoms with van der Waals surface area (Å²) >= 11 is 0. The van der Waals surface area contributed by atoms with E-state index in [1.807, 2.05) is 19.1 Å². The maximum atomic E-state index is 12.7. The number of aryl methyl sites for hydroxylation is 2. The second kappa shape index (κ2) is 6.36. The molecule has 4 nitrogen and oxygen atoms in total. The third kappa shape index (κ3) is 3.58. The van der Waals surface area contributed by atoms with Gasteiger partial charge < -0.3 is 5.73 Å². The Bertz CT molecular complexity index is 603. The molecular weight excluding hydrogens is 284 g/mol. The normalized spacial score (nSPS) is 23.2. The van der Waals surface area contributed by atoms with E-state index in [9.17, 15) is 8.42 Å². The van der Waals surface area contributed by atoms with Crippen LogP contribution >= 0.6 is 0 Å². The predicted molar refractivity (Wildman–Crippen MR) is 86.7 cm³/mol. The van der Waals surface area contributed by atoms with Gasteiger partial charge in [0.1, 0.15) is 4.90 Å². The van der Waals surface area contributed by atoms with E-state index in [1.54, 1.807) is 6.92 Å². The van der Waals surface area contributed by atoms with Gasteiger partial charge in [-0.05, 0) is 56.6 Å². The van der Waals surface area contributed by atoms with Gasteiger partial charge in [-0.1, -0.05) is 25.5 Å². The Hall–Kier alpha value is -1.07. The first kappa shape index (κ1) is 16.3. The molecule has 118 valence electrons. The van der Waals surface area contributed by atoms with Crippen LogP contribution in [-0.4, -0.2) is 14.5 Å². The Balaban J connectivity index is 2.18. The largest absolute Gasteiger partial charge is 0.397 e. The molecule has 0 aromatic heterocycles. The molecule has 1 aromatic carbocycles. The quantitative estimate of drug-likeness (QED) is 0.839. The summed E-state index contributed by atoms with van der Waals surface area (Å²) in [6.07, 6.45) is 5.23. The number of anilines is 1. The van der Waals surface area contributed by atoms with E-state index >= 15 is 0 Å².